The van der Waals surface area contributed by atoms with Crippen LogP contribution in [0.5, 0.6) is 0 Å². The van der Waals surface area contributed by atoms with E-state index in [1.807, 2.05) is 57.2 Å². The third kappa shape index (κ3) is 4.38. The average molecular weight is 484 g/mol. The molecular formula is C28H29N5OS. The van der Waals surface area contributed by atoms with Crippen molar-refractivity contribution in [2.24, 2.45) is 15.7 Å². The van der Waals surface area contributed by atoms with E-state index in [1.165, 1.54) is 4.90 Å². The van der Waals surface area contributed by atoms with Gasteiger partial charge in [0.25, 0.3) is 0 Å². The van der Waals surface area contributed by atoms with E-state index in [1.54, 1.807) is 18.4 Å². The highest BCUT2D eigenvalue weighted by Crippen LogP contribution is 2.47. The van der Waals surface area contributed by atoms with E-state index in [-0.39, 0.29) is 11.9 Å². The number of aliphatic imine (C=N–C) groups is 2. The maximum Gasteiger partial charge on any atom is 0.239 e. The van der Waals surface area contributed by atoms with Crippen molar-refractivity contribution < 1.29 is 4.79 Å². The molecule has 3 aromatic rings. The highest BCUT2D eigenvalue weighted by Gasteiger charge is 2.48. The van der Waals surface area contributed by atoms with E-state index < -0.39 is 16.9 Å². The fourth-order valence-electron chi connectivity index (χ4n) is 4.48. The Kier molecular flexibility index (Phi) is 6.35. The third-order valence-electron chi connectivity index (χ3n) is 6.73. The quantitative estimate of drug-likeness (QED) is 0.488. The Morgan fingerprint density at radius 3 is 2.60 bits per heavy atom. The number of amides is 1. The van der Waals surface area contributed by atoms with Gasteiger partial charge in [-0.3, -0.25) is 14.7 Å². The van der Waals surface area contributed by atoms with E-state index in [9.17, 15) is 10.1 Å². The van der Waals surface area contributed by atoms with Gasteiger partial charge in [-0.15, -0.1) is 11.3 Å². The van der Waals surface area contributed by atoms with Crippen LogP contribution < -0.4 is 5.73 Å². The first-order chi connectivity index (χ1) is 16.6. The molecule has 0 bridgehead atoms. The molecule has 2 atom stereocenters. The number of rotatable bonds is 6. The van der Waals surface area contributed by atoms with E-state index in [0.717, 1.165) is 32.7 Å². The number of nitrogens with zero attached hydrogens (tertiary/aromatic N) is 4. The molecule has 0 saturated heterocycles. The number of nitrogens with two attached hydrogens (primary N) is 1. The van der Waals surface area contributed by atoms with Gasteiger partial charge in [0.15, 0.2) is 5.96 Å². The summed E-state index contributed by atoms with van der Waals surface area (Å²) in [5.41, 5.74) is 9.68. The van der Waals surface area contributed by atoms with Crippen LogP contribution in [0.1, 0.15) is 48.3 Å². The molecule has 1 aromatic heterocycles. The molecule has 35 heavy (non-hydrogen) atoms. The van der Waals surface area contributed by atoms with Crippen LogP contribution in [0, 0.1) is 11.3 Å². The number of thiophene rings is 1. The fraction of sp³-hybridized carbons (Fsp3) is 0.286. The number of carbonyl (C=O) groups is 1. The fourth-order valence-corrected chi connectivity index (χ4v) is 5.53. The Hall–Kier alpha value is -3.76. The smallest absolute Gasteiger partial charge is 0.239 e. The van der Waals surface area contributed by atoms with Gasteiger partial charge in [0, 0.05) is 11.9 Å². The molecule has 2 N–H and O–H groups in total. The molecule has 6 nitrogen and oxygen atoms in total. The molecule has 2 aromatic carbocycles. The zero-order chi connectivity index (χ0) is 25.4. The second-order valence-corrected chi connectivity index (χ2v) is 10.5. The molecule has 178 valence electrons. The number of hydrogen-bond donors (Lipinski definition) is 1. The van der Waals surface area contributed by atoms with Crippen LogP contribution in [0.3, 0.4) is 0 Å². The lowest BCUT2D eigenvalue weighted by Gasteiger charge is -2.40. The Bertz CT molecular complexity index is 1350. The molecule has 0 saturated carbocycles. The average Bonchev–Trinajstić information content (AvgIpc) is 3.35. The van der Waals surface area contributed by atoms with Crippen molar-refractivity contribution >= 4 is 29.9 Å². The van der Waals surface area contributed by atoms with Crippen molar-refractivity contribution in [3.05, 3.63) is 81.5 Å². The van der Waals surface area contributed by atoms with Gasteiger partial charge < -0.3 is 5.73 Å². The Morgan fingerprint density at radius 1 is 1.23 bits per heavy atom. The van der Waals surface area contributed by atoms with Crippen LogP contribution in [0.2, 0.25) is 0 Å². The van der Waals surface area contributed by atoms with E-state index in [2.05, 4.69) is 41.4 Å². The lowest BCUT2D eigenvalue weighted by Crippen LogP contribution is -2.52. The third-order valence-corrected chi connectivity index (χ3v) is 7.89. The van der Waals surface area contributed by atoms with Crippen LogP contribution in [-0.4, -0.2) is 30.5 Å². The predicted molar refractivity (Wildman–Crippen MR) is 143 cm³/mol. The highest BCUT2D eigenvalue weighted by atomic mass is 32.1. The monoisotopic (exact) mass is 483 g/mol. The summed E-state index contributed by atoms with van der Waals surface area (Å²) in [5.74, 6) is -0.465. The first-order valence-electron chi connectivity index (χ1n) is 11.4. The maximum atomic E-state index is 13.6. The van der Waals surface area contributed by atoms with Crippen molar-refractivity contribution in [1.29, 1.82) is 5.26 Å². The number of benzene rings is 2. The summed E-state index contributed by atoms with van der Waals surface area (Å²) >= 11 is 1.57. The first kappa shape index (κ1) is 24.4. The molecule has 0 unspecified atom stereocenters. The minimum Gasteiger partial charge on any atom is -0.369 e. The van der Waals surface area contributed by atoms with Crippen molar-refractivity contribution in [3.63, 3.8) is 0 Å². The Morgan fingerprint density at radius 2 is 1.94 bits per heavy atom. The minimum atomic E-state index is -0.872. The van der Waals surface area contributed by atoms with Crippen molar-refractivity contribution in [3.8, 4) is 17.2 Å². The van der Waals surface area contributed by atoms with Crippen LogP contribution in [0.4, 0.5) is 0 Å². The van der Waals surface area contributed by atoms with Gasteiger partial charge in [-0.25, -0.2) is 4.99 Å². The maximum absolute atomic E-state index is 13.6. The van der Waals surface area contributed by atoms with Gasteiger partial charge in [0.2, 0.25) is 5.91 Å². The summed E-state index contributed by atoms with van der Waals surface area (Å²) in [6.07, 6.45) is 0. The first-order valence-corrected chi connectivity index (χ1v) is 12.2. The number of likely N-dealkylation sites (N-methyl/N-ethyl adjacent to an activating group) is 1. The van der Waals surface area contributed by atoms with Gasteiger partial charge in [-0.05, 0) is 72.8 Å². The lowest BCUT2D eigenvalue weighted by molar-refractivity contribution is -0.130. The number of hydrogen-bond acceptors (Lipinski definition) is 6. The Balaban J connectivity index is 1.79. The van der Waals surface area contributed by atoms with Crippen molar-refractivity contribution in [1.82, 2.24) is 4.90 Å². The number of guanidine groups is 1. The summed E-state index contributed by atoms with van der Waals surface area (Å²) in [7, 11) is 1.65. The molecule has 4 rings (SSSR count). The standard InChI is InChI=1S/C28H29N5OS/c1-27(2,17-29)22-11-9-19(10-12-22)24-25(34)33(5)26(30)32-28(24,3)23-14-21(16-35-23)20-8-6-7-18(13-20)15-31-4/h6-14,16,24H,4,15H2,1-3,5H3,(H2,30,32)/t24-,28+/m0/s1. The zero-order valence-corrected chi connectivity index (χ0v) is 21.3. The van der Waals surface area contributed by atoms with E-state index in [0.29, 0.717) is 6.54 Å². The minimum absolute atomic E-state index is 0.110. The SMILES string of the molecule is C=NCc1cccc(-c2csc([C@@]3(C)N=C(N)N(C)C(=O)[C@@H]3c3ccc(C(C)(C)C#N)cc3)c2)c1. The number of carbonyl (C=O) groups excluding carboxylic acids is 1. The van der Waals surface area contributed by atoms with Crippen LogP contribution >= 0.6 is 11.3 Å². The largest absolute Gasteiger partial charge is 0.369 e. The van der Waals surface area contributed by atoms with Gasteiger partial charge in [0.05, 0.1) is 23.9 Å². The topological polar surface area (TPSA) is 94.8 Å². The Labute approximate surface area is 210 Å². The highest BCUT2D eigenvalue weighted by molar-refractivity contribution is 7.10. The molecule has 2 heterocycles. The van der Waals surface area contributed by atoms with E-state index in [4.69, 9.17) is 10.7 Å². The second kappa shape index (κ2) is 9.12. The number of nitriles is 1. The van der Waals surface area contributed by atoms with Gasteiger partial charge in [-0.1, -0.05) is 42.5 Å². The molecule has 7 heteroatoms. The van der Waals surface area contributed by atoms with Gasteiger partial charge in [0.1, 0.15) is 5.54 Å². The summed E-state index contributed by atoms with van der Waals surface area (Å²) in [4.78, 5) is 24.8. The molecular weight excluding hydrogens is 454 g/mol. The normalized spacial score (nSPS) is 20.3. The molecule has 0 spiro atoms. The molecule has 1 aliphatic rings. The van der Waals surface area contributed by atoms with Crippen LogP contribution in [-0.2, 0) is 22.3 Å². The van der Waals surface area contributed by atoms with Crippen LogP contribution in [0.25, 0.3) is 11.1 Å². The predicted octanol–water partition coefficient (Wildman–Crippen LogP) is 5.20. The molecule has 0 radical (unpaired) electrons. The second-order valence-electron chi connectivity index (χ2n) is 9.59. The van der Waals surface area contributed by atoms with Gasteiger partial charge in [-0.2, -0.15) is 5.26 Å². The van der Waals surface area contributed by atoms with Gasteiger partial charge >= 0.3 is 0 Å². The van der Waals surface area contributed by atoms with E-state index >= 15 is 0 Å². The summed E-state index contributed by atoms with van der Waals surface area (Å²) < 4.78 is 0. The molecule has 0 fully saturated rings. The zero-order valence-electron chi connectivity index (χ0n) is 20.4. The molecule has 0 aliphatic carbocycles. The van der Waals surface area contributed by atoms with Crippen LogP contribution in [0.15, 0.2) is 70.0 Å². The summed E-state index contributed by atoms with van der Waals surface area (Å²) in [6.45, 7) is 9.87. The summed E-state index contributed by atoms with van der Waals surface area (Å²) in [6, 6.07) is 20.3. The summed E-state index contributed by atoms with van der Waals surface area (Å²) in [5, 5.41) is 11.6. The molecule has 1 aliphatic heterocycles. The lowest BCUT2D eigenvalue weighted by atomic mass is 9.76. The van der Waals surface area contributed by atoms with Crippen molar-refractivity contribution in [2.75, 3.05) is 7.05 Å². The van der Waals surface area contributed by atoms with Crippen molar-refractivity contribution in [2.45, 2.75) is 44.2 Å². The molecule has 1 amide bonds.